The molecule has 3 aliphatic rings. The molecular weight excluding hydrogens is 320 g/mol. The zero-order valence-corrected chi connectivity index (χ0v) is 14.5. The van der Waals surface area contributed by atoms with Gasteiger partial charge in [0.05, 0.1) is 9.79 Å². The molecule has 0 spiro atoms. The van der Waals surface area contributed by atoms with Crippen LogP contribution in [0, 0.1) is 11.8 Å². The van der Waals surface area contributed by atoms with E-state index >= 15 is 0 Å². The Morgan fingerprint density at radius 1 is 0.875 bits per heavy atom. The van der Waals surface area contributed by atoms with Crippen LogP contribution in [0.2, 0.25) is 0 Å². The van der Waals surface area contributed by atoms with Gasteiger partial charge in [-0.25, -0.2) is 8.42 Å². The van der Waals surface area contributed by atoms with Crippen LogP contribution >= 0.6 is 0 Å². The minimum absolute atomic E-state index is 0.442. The quantitative estimate of drug-likeness (QED) is 0.682. The van der Waals surface area contributed by atoms with Crippen LogP contribution in [0.25, 0.3) is 11.1 Å². The van der Waals surface area contributed by atoms with Crippen molar-refractivity contribution in [3.8, 4) is 11.1 Å². The predicted molar refractivity (Wildman–Crippen MR) is 94.0 cm³/mol. The molecule has 0 N–H and O–H groups in total. The first kappa shape index (κ1) is 14.5. The van der Waals surface area contributed by atoms with Gasteiger partial charge in [0.25, 0.3) is 0 Å². The molecule has 2 aromatic carbocycles. The van der Waals surface area contributed by atoms with Crippen LogP contribution in [-0.2, 0) is 9.84 Å². The third-order valence-electron chi connectivity index (χ3n) is 5.76. The molecule has 0 saturated carbocycles. The maximum atomic E-state index is 12.9. The van der Waals surface area contributed by atoms with Crippen molar-refractivity contribution in [2.75, 3.05) is 38.1 Å². The molecule has 2 saturated heterocycles. The second kappa shape index (κ2) is 4.83. The fourth-order valence-corrected chi connectivity index (χ4v) is 6.34. The lowest BCUT2D eigenvalue weighted by Crippen LogP contribution is -2.26. The van der Waals surface area contributed by atoms with Crippen LogP contribution in [-0.4, -0.2) is 46.5 Å². The van der Waals surface area contributed by atoms with E-state index in [2.05, 4.69) is 22.9 Å². The molecule has 2 fully saturated rings. The van der Waals surface area contributed by atoms with Crippen LogP contribution in [0.3, 0.4) is 0 Å². The zero-order valence-electron chi connectivity index (χ0n) is 13.6. The number of nitrogens with zero attached hydrogens (tertiary/aromatic N) is 2. The molecular formula is C19H20N2O2S. The lowest BCUT2D eigenvalue weighted by molar-refractivity contribution is 0.387. The Balaban J connectivity index is 1.54. The van der Waals surface area contributed by atoms with Gasteiger partial charge in [-0.1, -0.05) is 24.3 Å². The van der Waals surface area contributed by atoms with Gasteiger partial charge in [0.1, 0.15) is 0 Å². The first-order chi connectivity index (χ1) is 11.5. The maximum absolute atomic E-state index is 12.9. The highest BCUT2D eigenvalue weighted by atomic mass is 32.2. The zero-order chi connectivity index (χ0) is 16.5. The molecule has 5 rings (SSSR count). The van der Waals surface area contributed by atoms with Crippen molar-refractivity contribution >= 4 is 15.5 Å². The van der Waals surface area contributed by atoms with Crippen molar-refractivity contribution in [3.63, 3.8) is 0 Å². The number of rotatable bonds is 1. The average Bonchev–Trinajstić information content (AvgIpc) is 3.17. The van der Waals surface area contributed by atoms with Crippen LogP contribution in [0.4, 0.5) is 5.69 Å². The van der Waals surface area contributed by atoms with Gasteiger partial charge in [-0.05, 0) is 37.1 Å². The van der Waals surface area contributed by atoms with Gasteiger partial charge in [0.2, 0.25) is 9.84 Å². The standard InChI is InChI=1S/C19H20N2O2S/c1-20-9-13-11-21(12-14(13)10-20)15-6-7-17-16-4-2-3-5-18(16)24(22,23)19(17)8-15/h2-8,13-14H,9-12H2,1H3. The van der Waals surface area contributed by atoms with Crippen LogP contribution < -0.4 is 4.90 Å². The molecule has 124 valence electrons. The molecule has 0 bridgehead atoms. The number of sulfone groups is 1. The topological polar surface area (TPSA) is 40.6 Å². The van der Waals surface area contributed by atoms with Crippen LogP contribution in [0.5, 0.6) is 0 Å². The Morgan fingerprint density at radius 3 is 2.29 bits per heavy atom. The van der Waals surface area contributed by atoms with E-state index in [0.29, 0.717) is 21.6 Å². The predicted octanol–water partition coefficient (Wildman–Crippen LogP) is 2.50. The first-order valence-corrected chi connectivity index (χ1v) is 9.94. The highest BCUT2D eigenvalue weighted by Crippen LogP contribution is 2.45. The highest BCUT2D eigenvalue weighted by molar-refractivity contribution is 7.92. The summed E-state index contributed by atoms with van der Waals surface area (Å²) >= 11 is 0. The van der Waals surface area contributed by atoms with E-state index in [-0.39, 0.29) is 0 Å². The number of likely N-dealkylation sites (tertiary alicyclic amines) is 1. The SMILES string of the molecule is CN1CC2CN(c3ccc4c(c3)S(=O)(=O)c3ccccc3-4)CC2C1. The number of hydrogen-bond acceptors (Lipinski definition) is 4. The smallest absolute Gasteiger partial charge is 0.207 e. The lowest BCUT2D eigenvalue weighted by atomic mass is 10.0. The van der Waals surface area contributed by atoms with E-state index in [1.165, 1.54) is 0 Å². The Bertz CT molecular complexity index is 924. The van der Waals surface area contributed by atoms with Gasteiger partial charge in [-0.2, -0.15) is 0 Å². The van der Waals surface area contributed by atoms with Crippen molar-refractivity contribution in [2.24, 2.45) is 11.8 Å². The van der Waals surface area contributed by atoms with Crippen molar-refractivity contribution in [1.29, 1.82) is 0 Å². The molecule has 24 heavy (non-hydrogen) atoms. The first-order valence-electron chi connectivity index (χ1n) is 8.46. The summed E-state index contributed by atoms with van der Waals surface area (Å²) in [5.74, 6) is 1.41. The maximum Gasteiger partial charge on any atom is 0.207 e. The summed E-state index contributed by atoms with van der Waals surface area (Å²) in [6.07, 6.45) is 0. The Labute approximate surface area is 142 Å². The second-order valence-corrected chi connectivity index (χ2v) is 9.21. The Hall–Kier alpha value is -1.85. The molecule has 3 aliphatic heterocycles. The molecule has 2 atom stereocenters. The molecule has 3 heterocycles. The van der Waals surface area contributed by atoms with Crippen molar-refractivity contribution in [3.05, 3.63) is 42.5 Å². The van der Waals surface area contributed by atoms with E-state index in [9.17, 15) is 8.42 Å². The van der Waals surface area contributed by atoms with Gasteiger partial charge >= 0.3 is 0 Å². The van der Waals surface area contributed by atoms with Gasteiger partial charge < -0.3 is 9.80 Å². The summed E-state index contributed by atoms with van der Waals surface area (Å²) in [4.78, 5) is 5.67. The largest absolute Gasteiger partial charge is 0.371 e. The highest BCUT2D eigenvalue weighted by Gasteiger charge is 2.39. The third-order valence-corrected chi connectivity index (χ3v) is 7.61. The Morgan fingerprint density at radius 2 is 1.54 bits per heavy atom. The van der Waals surface area contributed by atoms with E-state index in [4.69, 9.17) is 0 Å². The monoisotopic (exact) mass is 340 g/mol. The number of benzene rings is 2. The summed E-state index contributed by atoms with van der Waals surface area (Å²) in [7, 11) is -1.20. The van der Waals surface area contributed by atoms with Gasteiger partial charge in [-0.3, -0.25) is 0 Å². The molecule has 4 nitrogen and oxygen atoms in total. The van der Waals surface area contributed by atoms with Crippen molar-refractivity contribution < 1.29 is 8.42 Å². The summed E-state index contributed by atoms with van der Waals surface area (Å²) in [6, 6.07) is 13.2. The summed E-state index contributed by atoms with van der Waals surface area (Å²) in [6.45, 7) is 4.35. The lowest BCUT2D eigenvalue weighted by Gasteiger charge is -2.22. The molecule has 0 amide bonds. The van der Waals surface area contributed by atoms with E-state index in [1.54, 1.807) is 12.1 Å². The Kier molecular flexibility index (Phi) is 2.92. The van der Waals surface area contributed by atoms with E-state index in [0.717, 1.165) is 43.0 Å². The normalized spacial score (nSPS) is 27.1. The molecule has 0 aromatic heterocycles. The summed E-state index contributed by atoms with van der Waals surface area (Å²) < 4.78 is 25.7. The van der Waals surface area contributed by atoms with Crippen LogP contribution in [0.15, 0.2) is 52.3 Å². The van der Waals surface area contributed by atoms with Gasteiger partial charge in [0, 0.05) is 43.0 Å². The second-order valence-electron chi connectivity index (χ2n) is 7.33. The number of hydrogen-bond donors (Lipinski definition) is 0. The molecule has 0 radical (unpaired) electrons. The molecule has 2 unspecified atom stereocenters. The van der Waals surface area contributed by atoms with E-state index < -0.39 is 9.84 Å². The fourth-order valence-electron chi connectivity index (χ4n) is 4.63. The summed E-state index contributed by atoms with van der Waals surface area (Å²) in [5.41, 5.74) is 2.72. The minimum Gasteiger partial charge on any atom is -0.371 e. The molecule has 2 aromatic rings. The third kappa shape index (κ3) is 1.91. The van der Waals surface area contributed by atoms with Gasteiger partial charge in [-0.15, -0.1) is 0 Å². The van der Waals surface area contributed by atoms with Crippen LogP contribution in [0.1, 0.15) is 0 Å². The van der Waals surface area contributed by atoms with Gasteiger partial charge in [0.15, 0.2) is 0 Å². The minimum atomic E-state index is -3.38. The van der Waals surface area contributed by atoms with Crippen molar-refractivity contribution in [1.82, 2.24) is 4.90 Å². The van der Waals surface area contributed by atoms with Crippen molar-refractivity contribution in [2.45, 2.75) is 9.79 Å². The molecule has 5 heteroatoms. The fraction of sp³-hybridized carbons (Fsp3) is 0.368. The number of fused-ring (bicyclic) bond motifs is 4. The summed E-state index contributed by atoms with van der Waals surface area (Å²) in [5, 5.41) is 0. The molecule has 0 aliphatic carbocycles. The van der Waals surface area contributed by atoms with E-state index in [1.807, 2.05) is 24.3 Å². The average molecular weight is 340 g/mol. The number of anilines is 1.